The maximum Gasteiger partial charge on any atom is 0.288 e. The molecule has 2 atom stereocenters. The van der Waals surface area contributed by atoms with Crippen LogP contribution in [0.15, 0.2) is 12.3 Å². The predicted molar refractivity (Wildman–Crippen MR) is 68.4 cm³/mol. The Morgan fingerprint density at radius 3 is 2.95 bits per heavy atom. The number of aliphatic hydroxyl groups is 2. The van der Waals surface area contributed by atoms with Crippen molar-refractivity contribution < 1.29 is 19.9 Å². The molecular weight excluding hydrogens is 290 g/mol. The van der Waals surface area contributed by atoms with E-state index in [1.807, 2.05) is 0 Å². The number of hydrogen-bond acceptors (Lipinski definition) is 6. The first-order valence-corrected chi connectivity index (χ1v) is 6.21. The lowest BCUT2D eigenvalue weighted by Crippen LogP contribution is -2.38. The fraction of sp³-hybridized carbons (Fsp3) is 0.455. The Hall–Kier alpha value is -1.77. The molecule has 0 saturated carbocycles. The molecule has 1 aromatic rings. The van der Waals surface area contributed by atoms with Crippen molar-refractivity contribution in [2.75, 3.05) is 13.2 Å². The molecule has 0 unspecified atom stereocenters. The minimum absolute atomic E-state index is 0.0447. The second-order valence-electron chi connectivity index (χ2n) is 4.47. The van der Waals surface area contributed by atoms with Crippen molar-refractivity contribution in [2.45, 2.75) is 18.6 Å². The molecule has 1 fully saturated rings. The number of amides is 1. The number of pyridine rings is 1. The smallest absolute Gasteiger partial charge is 0.288 e. The van der Waals surface area contributed by atoms with Crippen molar-refractivity contribution >= 4 is 23.2 Å². The zero-order chi connectivity index (χ0) is 14.9. The SMILES string of the molecule is O=C(c1cc([N+](=O)[O-])cnc1Cl)N1C[C@@H](O)C[C@@H]1CO. The van der Waals surface area contributed by atoms with Gasteiger partial charge in [-0.3, -0.25) is 14.9 Å². The number of nitro groups is 1. The first-order chi connectivity index (χ1) is 9.43. The summed E-state index contributed by atoms with van der Waals surface area (Å²) in [6.45, 7) is -0.258. The topological polar surface area (TPSA) is 117 Å². The number of aliphatic hydroxyl groups excluding tert-OH is 2. The zero-order valence-corrected chi connectivity index (χ0v) is 11.0. The second kappa shape index (κ2) is 5.70. The molecule has 1 amide bonds. The molecule has 1 aromatic heterocycles. The molecule has 0 radical (unpaired) electrons. The Bertz CT molecular complexity index is 553. The third-order valence-electron chi connectivity index (χ3n) is 3.13. The first kappa shape index (κ1) is 14.6. The van der Waals surface area contributed by atoms with Gasteiger partial charge in [-0.2, -0.15) is 0 Å². The predicted octanol–water partition coefficient (Wildman–Crippen LogP) is 0.211. The highest BCUT2D eigenvalue weighted by atomic mass is 35.5. The van der Waals surface area contributed by atoms with Crippen molar-refractivity contribution in [1.82, 2.24) is 9.88 Å². The van der Waals surface area contributed by atoms with Crippen LogP contribution in [-0.4, -0.2) is 56.2 Å². The fourth-order valence-electron chi connectivity index (χ4n) is 2.16. The highest BCUT2D eigenvalue weighted by Crippen LogP contribution is 2.25. The molecule has 108 valence electrons. The summed E-state index contributed by atoms with van der Waals surface area (Å²) in [5.41, 5.74) is -0.466. The van der Waals surface area contributed by atoms with Crippen molar-refractivity contribution in [2.24, 2.45) is 0 Å². The van der Waals surface area contributed by atoms with Crippen LogP contribution in [0.2, 0.25) is 5.15 Å². The van der Waals surface area contributed by atoms with E-state index < -0.39 is 23.0 Å². The molecule has 0 aliphatic carbocycles. The summed E-state index contributed by atoms with van der Waals surface area (Å²) in [6, 6.07) is 0.504. The second-order valence-corrected chi connectivity index (χ2v) is 4.83. The Kier molecular flexibility index (Phi) is 4.17. The normalized spacial score (nSPS) is 22.1. The molecule has 20 heavy (non-hydrogen) atoms. The van der Waals surface area contributed by atoms with Gasteiger partial charge in [0.2, 0.25) is 0 Å². The molecule has 2 N–H and O–H groups in total. The van der Waals surface area contributed by atoms with Gasteiger partial charge in [0.25, 0.3) is 11.6 Å². The van der Waals surface area contributed by atoms with E-state index in [0.717, 1.165) is 12.3 Å². The summed E-state index contributed by atoms with van der Waals surface area (Å²) in [6.07, 6.45) is 0.477. The van der Waals surface area contributed by atoms with Crippen LogP contribution in [0, 0.1) is 10.1 Å². The van der Waals surface area contributed by atoms with Gasteiger partial charge in [0, 0.05) is 12.6 Å². The van der Waals surface area contributed by atoms with Crippen LogP contribution in [0.5, 0.6) is 0 Å². The third-order valence-corrected chi connectivity index (χ3v) is 3.43. The van der Waals surface area contributed by atoms with Gasteiger partial charge in [-0.15, -0.1) is 0 Å². The van der Waals surface area contributed by atoms with E-state index in [1.165, 1.54) is 4.90 Å². The first-order valence-electron chi connectivity index (χ1n) is 5.84. The summed E-state index contributed by atoms with van der Waals surface area (Å²) in [5.74, 6) is -0.596. The van der Waals surface area contributed by atoms with Gasteiger partial charge >= 0.3 is 0 Å². The highest BCUT2D eigenvalue weighted by Gasteiger charge is 2.35. The minimum Gasteiger partial charge on any atom is -0.394 e. The fourth-order valence-corrected chi connectivity index (χ4v) is 2.34. The molecule has 1 aliphatic rings. The van der Waals surface area contributed by atoms with Crippen LogP contribution in [0.25, 0.3) is 0 Å². The summed E-state index contributed by atoms with van der Waals surface area (Å²) in [7, 11) is 0. The van der Waals surface area contributed by atoms with Crippen LogP contribution in [0.4, 0.5) is 5.69 Å². The van der Waals surface area contributed by atoms with Gasteiger partial charge in [-0.1, -0.05) is 11.6 Å². The van der Waals surface area contributed by atoms with E-state index in [2.05, 4.69) is 4.98 Å². The van der Waals surface area contributed by atoms with E-state index >= 15 is 0 Å². The van der Waals surface area contributed by atoms with Crippen LogP contribution in [0.1, 0.15) is 16.8 Å². The summed E-state index contributed by atoms with van der Waals surface area (Å²) >= 11 is 5.80. The minimum atomic E-state index is -0.735. The Morgan fingerprint density at radius 2 is 2.35 bits per heavy atom. The molecule has 1 aliphatic heterocycles. The number of carbonyl (C=O) groups excluding carboxylic acids is 1. The van der Waals surface area contributed by atoms with Gasteiger partial charge in [-0.25, -0.2) is 4.98 Å². The van der Waals surface area contributed by atoms with Gasteiger partial charge in [-0.05, 0) is 6.42 Å². The maximum absolute atomic E-state index is 12.3. The number of β-amino-alcohol motifs (C(OH)–C–C–N with tert-alkyl or cyclic N) is 1. The number of aromatic nitrogens is 1. The van der Waals surface area contributed by atoms with Crippen LogP contribution in [-0.2, 0) is 0 Å². The van der Waals surface area contributed by atoms with Gasteiger partial charge in [0.15, 0.2) is 0 Å². The average molecular weight is 302 g/mol. The molecule has 2 rings (SSSR count). The van der Waals surface area contributed by atoms with Crippen molar-refractivity contribution in [3.8, 4) is 0 Å². The largest absolute Gasteiger partial charge is 0.394 e. The van der Waals surface area contributed by atoms with E-state index in [9.17, 15) is 25.1 Å². The van der Waals surface area contributed by atoms with E-state index in [4.69, 9.17) is 11.6 Å². The zero-order valence-electron chi connectivity index (χ0n) is 10.3. The monoisotopic (exact) mass is 301 g/mol. The molecule has 0 aromatic carbocycles. The molecule has 0 spiro atoms. The molecule has 0 bridgehead atoms. The van der Waals surface area contributed by atoms with E-state index in [0.29, 0.717) is 0 Å². The lowest BCUT2D eigenvalue weighted by Gasteiger charge is -2.22. The number of nitrogens with zero attached hydrogens (tertiary/aromatic N) is 3. The summed E-state index contributed by atoms with van der Waals surface area (Å²) < 4.78 is 0. The average Bonchev–Trinajstić information content (AvgIpc) is 2.79. The Labute approximate surface area is 118 Å². The highest BCUT2D eigenvalue weighted by molar-refractivity contribution is 6.32. The van der Waals surface area contributed by atoms with Crippen LogP contribution >= 0.6 is 11.6 Å². The Balaban J connectivity index is 2.33. The van der Waals surface area contributed by atoms with E-state index in [-0.39, 0.29) is 36.0 Å². The molecule has 8 nitrogen and oxygen atoms in total. The number of halogens is 1. The van der Waals surface area contributed by atoms with Crippen LogP contribution in [0.3, 0.4) is 0 Å². The molecule has 2 heterocycles. The van der Waals surface area contributed by atoms with Crippen molar-refractivity contribution in [1.29, 1.82) is 0 Å². The number of hydrogen-bond donors (Lipinski definition) is 2. The van der Waals surface area contributed by atoms with Crippen LogP contribution < -0.4 is 0 Å². The van der Waals surface area contributed by atoms with Gasteiger partial charge in [0.05, 0.1) is 29.2 Å². The third kappa shape index (κ3) is 2.72. The maximum atomic E-state index is 12.3. The van der Waals surface area contributed by atoms with Gasteiger partial charge < -0.3 is 15.1 Å². The van der Waals surface area contributed by atoms with Gasteiger partial charge in [0.1, 0.15) is 11.3 Å². The molecule has 1 saturated heterocycles. The molecule has 9 heteroatoms. The van der Waals surface area contributed by atoms with Crippen molar-refractivity contribution in [3.63, 3.8) is 0 Å². The lowest BCUT2D eigenvalue weighted by molar-refractivity contribution is -0.385. The number of carbonyl (C=O) groups is 1. The number of rotatable bonds is 3. The van der Waals surface area contributed by atoms with E-state index in [1.54, 1.807) is 0 Å². The summed E-state index contributed by atoms with van der Waals surface area (Å²) in [4.78, 5) is 27.2. The quantitative estimate of drug-likeness (QED) is 0.468. The molecular formula is C11H12ClN3O5. The standard InChI is InChI=1S/C11H12ClN3O5/c12-10-9(2-6(3-13-10)15(19)20)11(18)14-4-8(17)1-7(14)5-16/h2-3,7-8,16-17H,1,4-5H2/t7-,8+/m1/s1. The summed E-state index contributed by atoms with van der Waals surface area (Å²) in [5, 5.41) is 29.3. The Morgan fingerprint density at radius 1 is 1.65 bits per heavy atom. The van der Waals surface area contributed by atoms with Crippen molar-refractivity contribution in [3.05, 3.63) is 33.1 Å². The number of likely N-dealkylation sites (tertiary alicyclic amines) is 1. The lowest BCUT2D eigenvalue weighted by atomic mass is 10.2.